The Balaban J connectivity index is 2.30. The van der Waals surface area contributed by atoms with Crippen molar-refractivity contribution < 1.29 is 13.2 Å². The van der Waals surface area contributed by atoms with E-state index in [0.717, 1.165) is 21.7 Å². The summed E-state index contributed by atoms with van der Waals surface area (Å²) in [4.78, 5) is 12.8. The average molecular weight is 429 g/mol. The fraction of sp³-hybridized carbons (Fsp3) is 0.316. The molecule has 146 valence electrons. The summed E-state index contributed by atoms with van der Waals surface area (Å²) in [5.41, 5.74) is 2.20. The lowest BCUT2D eigenvalue weighted by Crippen LogP contribution is -2.48. The highest BCUT2D eigenvalue weighted by Crippen LogP contribution is 2.32. The fourth-order valence-electron chi connectivity index (χ4n) is 2.71. The highest BCUT2D eigenvalue weighted by molar-refractivity contribution is 7.92. The summed E-state index contributed by atoms with van der Waals surface area (Å²) in [6, 6.07) is 10.9. The van der Waals surface area contributed by atoms with Gasteiger partial charge in [-0.25, -0.2) is 8.42 Å². The molecular weight excluding hydrogens is 407 g/mol. The maximum atomic E-state index is 12.8. The summed E-state index contributed by atoms with van der Waals surface area (Å²) in [5, 5.41) is 3.36. The Hall–Kier alpha value is -1.76. The highest BCUT2D eigenvalue weighted by atomic mass is 35.5. The second-order valence-electron chi connectivity index (χ2n) is 6.47. The molecule has 0 radical (unpaired) electrons. The van der Waals surface area contributed by atoms with Gasteiger partial charge in [-0.1, -0.05) is 53.0 Å². The van der Waals surface area contributed by atoms with Crippen molar-refractivity contribution in [2.75, 3.05) is 10.6 Å². The number of carbonyl (C=O) groups is 1. The number of hydrogen-bond donors (Lipinski definition) is 1. The number of halogens is 2. The zero-order valence-electron chi connectivity index (χ0n) is 15.5. The Morgan fingerprint density at radius 1 is 1.07 bits per heavy atom. The van der Waals surface area contributed by atoms with Gasteiger partial charge in [-0.15, -0.1) is 0 Å². The van der Waals surface area contributed by atoms with Crippen LogP contribution in [0.4, 0.5) is 5.69 Å². The zero-order chi connectivity index (χ0) is 20.4. The van der Waals surface area contributed by atoms with Crippen LogP contribution in [0.3, 0.4) is 0 Å². The summed E-state index contributed by atoms with van der Waals surface area (Å²) < 4.78 is 25.7. The number of nitrogens with zero attached hydrogens (tertiary/aromatic N) is 1. The van der Waals surface area contributed by atoms with Crippen molar-refractivity contribution in [1.29, 1.82) is 0 Å². The van der Waals surface area contributed by atoms with E-state index in [-0.39, 0.29) is 16.8 Å². The SMILES string of the molecule is Cc1ccc([C@H](C)NC(=O)[C@H](C)N(c2cc(Cl)ccc2Cl)S(C)(=O)=O)cc1. The molecule has 0 aliphatic rings. The number of aryl methyl sites for hydroxylation is 1. The predicted octanol–water partition coefficient (Wildman–Crippen LogP) is 4.33. The van der Waals surface area contributed by atoms with Crippen LogP contribution < -0.4 is 9.62 Å². The van der Waals surface area contributed by atoms with Crippen molar-refractivity contribution in [2.45, 2.75) is 32.9 Å². The molecule has 2 rings (SSSR count). The number of amides is 1. The van der Waals surface area contributed by atoms with Gasteiger partial charge in [-0.05, 0) is 44.5 Å². The third-order valence-corrected chi connectivity index (χ3v) is 5.95. The van der Waals surface area contributed by atoms with E-state index in [1.165, 1.54) is 19.1 Å². The second kappa shape index (κ2) is 8.50. The van der Waals surface area contributed by atoms with Gasteiger partial charge in [0.05, 0.1) is 23.0 Å². The van der Waals surface area contributed by atoms with Crippen LogP contribution in [0.15, 0.2) is 42.5 Å². The Morgan fingerprint density at radius 3 is 2.22 bits per heavy atom. The van der Waals surface area contributed by atoms with Gasteiger partial charge in [0.15, 0.2) is 0 Å². The number of benzene rings is 2. The molecule has 0 unspecified atom stereocenters. The largest absolute Gasteiger partial charge is 0.348 e. The minimum Gasteiger partial charge on any atom is -0.348 e. The maximum absolute atomic E-state index is 12.8. The van der Waals surface area contributed by atoms with Gasteiger partial charge >= 0.3 is 0 Å². The lowest BCUT2D eigenvalue weighted by Gasteiger charge is -2.30. The van der Waals surface area contributed by atoms with Crippen LogP contribution in [0.25, 0.3) is 0 Å². The van der Waals surface area contributed by atoms with E-state index in [1.54, 1.807) is 6.07 Å². The van der Waals surface area contributed by atoms with Crippen molar-refractivity contribution >= 4 is 44.8 Å². The molecule has 0 heterocycles. The molecular formula is C19H22Cl2N2O3S. The Bertz CT molecular complexity index is 930. The number of nitrogens with one attached hydrogen (secondary N) is 1. The van der Waals surface area contributed by atoms with Gasteiger partial charge in [0, 0.05) is 5.02 Å². The molecule has 0 bridgehead atoms. The number of carbonyl (C=O) groups excluding carboxylic acids is 1. The molecule has 0 fully saturated rings. The van der Waals surface area contributed by atoms with E-state index >= 15 is 0 Å². The van der Waals surface area contributed by atoms with Crippen molar-refractivity contribution in [3.8, 4) is 0 Å². The zero-order valence-corrected chi connectivity index (χ0v) is 17.9. The Kier molecular flexibility index (Phi) is 6.78. The number of hydrogen-bond acceptors (Lipinski definition) is 3. The molecule has 0 saturated heterocycles. The number of sulfonamides is 1. The van der Waals surface area contributed by atoms with E-state index < -0.39 is 22.0 Å². The molecule has 0 saturated carbocycles. The van der Waals surface area contributed by atoms with Crippen molar-refractivity contribution in [1.82, 2.24) is 5.32 Å². The Labute approximate surface area is 170 Å². The van der Waals surface area contributed by atoms with E-state index in [1.807, 2.05) is 38.1 Å². The lowest BCUT2D eigenvalue weighted by molar-refractivity contribution is -0.122. The molecule has 2 aromatic carbocycles. The lowest BCUT2D eigenvalue weighted by atomic mass is 10.1. The second-order valence-corrected chi connectivity index (χ2v) is 9.17. The van der Waals surface area contributed by atoms with Gasteiger partial charge in [-0.2, -0.15) is 0 Å². The van der Waals surface area contributed by atoms with Gasteiger partial charge in [-0.3, -0.25) is 9.10 Å². The van der Waals surface area contributed by atoms with E-state index in [4.69, 9.17) is 23.2 Å². The molecule has 2 atom stereocenters. The van der Waals surface area contributed by atoms with Crippen LogP contribution in [0, 0.1) is 6.92 Å². The van der Waals surface area contributed by atoms with Crippen LogP contribution in [0.1, 0.15) is 31.0 Å². The van der Waals surface area contributed by atoms with Crippen LogP contribution in [-0.4, -0.2) is 26.6 Å². The van der Waals surface area contributed by atoms with Gasteiger partial charge in [0.1, 0.15) is 6.04 Å². The molecule has 2 aromatic rings. The van der Waals surface area contributed by atoms with Crippen LogP contribution in [-0.2, 0) is 14.8 Å². The topological polar surface area (TPSA) is 66.5 Å². The molecule has 1 N–H and O–H groups in total. The van der Waals surface area contributed by atoms with Crippen LogP contribution >= 0.6 is 23.2 Å². The molecule has 1 amide bonds. The molecule has 27 heavy (non-hydrogen) atoms. The summed E-state index contributed by atoms with van der Waals surface area (Å²) in [6.45, 7) is 5.33. The smallest absolute Gasteiger partial charge is 0.244 e. The average Bonchev–Trinajstić information content (AvgIpc) is 2.57. The molecule has 5 nitrogen and oxygen atoms in total. The van der Waals surface area contributed by atoms with Gasteiger partial charge in [0.25, 0.3) is 0 Å². The van der Waals surface area contributed by atoms with E-state index in [9.17, 15) is 13.2 Å². The van der Waals surface area contributed by atoms with Crippen molar-refractivity contribution in [3.05, 3.63) is 63.6 Å². The number of rotatable bonds is 6. The quantitative estimate of drug-likeness (QED) is 0.743. The van der Waals surface area contributed by atoms with Crippen molar-refractivity contribution in [2.24, 2.45) is 0 Å². The van der Waals surface area contributed by atoms with E-state index in [2.05, 4.69) is 5.32 Å². The normalized spacial score (nSPS) is 13.7. The first-order chi connectivity index (χ1) is 12.5. The first kappa shape index (κ1) is 21.5. The molecule has 8 heteroatoms. The molecule has 0 aliphatic carbocycles. The van der Waals surface area contributed by atoms with Crippen LogP contribution in [0.2, 0.25) is 10.0 Å². The standard InChI is InChI=1S/C19H22Cl2N2O3S/c1-12-5-7-15(8-6-12)13(2)22-19(24)14(3)23(27(4,25)26)18-11-16(20)9-10-17(18)21/h5-11,13-14H,1-4H3,(H,22,24)/t13-,14-/m0/s1. The molecule has 0 aliphatic heterocycles. The van der Waals surface area contributed by atoms with E-state index in [0.29, 0.717) is 5.02 Å². The molecule has 0 spiro atoms. The third-order valence-electron chi connectivity index (χ3n) is 4.17. The molecule has 0 aromatic heterocycles. The minimum atomic E-state index is -3.78. The maximum Gasteiger partial charge on any atom is 0.244 e. The van der Waals surface area contributed by atoms with Crippen LogP contribution in [0.5, 0.6) is 0 Å². The fourth-order valence-corrected chi connectivity index (χ4v) is 4.31. The Morgan fingerprint density at radius 2 is 1.67 bits per heavy atom. The van der Waals surface area contributed by atoms with Gasteiger partial charge in [0.2, 0.25) is 15.9 Å². The van der Waals surface area contributed by atoms with Gasteiger partial charge < -0.3 is 5.32 Å². The first-order valence-electron chi connectivity index (χ1n) is 8.32. The number of anilines is 1. The minimum absolute atomic E-state index is 0.164. The summed E-state index contributed by atoms with van der Waals surface area (Å²) >= 11 is 12.2. The summed E-state index contributed by atoms with van der Waals surface area (Å²) in [5.74, 6) is -0.440. The van der Waals surface area contributed by atoms with Crippen molar-refractivity contribution in [3.63, 3.8) is 0 Å². The predicted molar refractivity (Wildman–Crippen MR) is 111 cm³/mol. The summed E-state index contributed by atoms with van der Waals surface area (Å²) in [6.07, 6.45) is 1.03. The highest BCUT2D eigenvalue weighted by Gasteiger charge is 2.31. The third kappa shape index (κ3) is 5.37. The first-order valence-corrected chi connectivity index (χ1v) is 10.9. The summed E-state index contributed by atoms with van der Waals surface area (Å²) in [7, 11) is -3.78. The monoisotopic (exact) mass is 428 g/mol.